The zero-order valence-electron chi connectivity index (χ0n) is 9.46. The second kappa shape index (κ2) is 4.74. The maximum atomic E-state index is 11.9. The lowest BCUT2D eigenvalue weighted by atomic mass is 10.4. The van der Waals surface area contributed by atoms with Gasteiger partial charge in [-0.25, -0.2) is 4.98 Å². The number of nitrogens with two attached hydrogens (primary N) is 1. The summed E-state index contributed by atoms with van der Waals surface area (Å²) in [6, 6.07) is 0. The van der Waals surface area contributed by atoms with E-state index in [1.807, 2.05) is 0 Å². The van der Waals surface area contributed by atoms with Crippen LogP contribution in [0.5, 0.6) is 0 Å². The first kappa shape index (κ1) is 12.5. The first-order valence-electron chi connectivity index (χ1n) is 4.98. The minimum Gasteiger partial charge on any atom is -0.327 e. The van der Waals surface area contributed by atoms with Gasteiger partial charge in [0.15, 0.2) is 5.82 Å². The van der Waals surface area contributed by atoms with Crippen molar-refractivity contribution < 1.29 is 14.0 Å². The van der Waals surface area contributed by atoms with Crippen LogP contribution < -0.4 is 5.84 Å². The van der Waals surface area contributed by atoms with Crippen LogP contribution in [0.25, 0.3) is 0 Å². The van der Waals surface area contributed by atoms with E-state index in [2.05, 4.69) is 20.3 Å². The molecule has 0 aliphatic carbocycles. The molecule has 0 saturated heterocycles. The molecule has 0 aromatic carbocycles. The molecule has 18 heavy (non-hydrogen) atoms. The smallest absolute Gasteiger partial charge is 0.327 e. The maximum Gasteiger partial charge on any atom is 0.348 e. The molecule has 1 aromatic rings. The molecule has 0 amide bonds. The van der Waals surface area contributed by atoms with Gasteiger partial charge in [-0.1, -0.05) is 0 Å². The molecule has 8 nitrogen and oxygen atoms in total. The second-order valence-electron chi connectivity index (χ2n) is 3.66. The van der Waals surface area contributed by atoms with Gasteiger partial charge >= 0.3 is 6.55 Å². The molecular formula is C8H11F2N7O. The maximum absolute atomic E-state index is 11.9. The minimum absolute atomic E-state index is 0.184. The Hall–Kier alpha value is -1.94. The summed E-state index contributed by atoms with van der Waals surface area (Å²) < 4.78 is 25.5. The zero-order valence-corrected chi connectivity index (χ0v) is 9.46. The number of hydrazone groups is 1. The summed E-state index contributed by atoms with van der Waals surface area (Å²) in [7, 11) is 1.66. The molecule has 0 spiro atoms. The van der Waals surface area contributed by atoms with Crippen molar-refractivity contribution in [1.82, 2.24) is 14.6 Å². The number of amidine groups is 1. The van der Waals surface area contributed by atoms with Gasteiger partial charge in [0, 0.05) is 7.05 Å². The third-order valence-corrected chi connectivity index (χ3v) is 2.52. The lowest BCUT2D eigenvalue weighted by molar-refractivity contribution is -0.0985. The van der Waals surface area contributed by atoms with E-state index in [9.17, 15) is 14.0 Å². The normalized spacial score (nSPS) is 17.1. The van der Waals surface area contributed by atoms with Crippen molar-refractivity contribution in [3.8, 4) is 0 Å². The molecule has 0 bridgehead atoms. The third kappa shape index (κ3) is 2.19. The average Bonchev–Trinajstić information content (AvgIpc) is 2.79. The van der Waals surface area contributed by atoms with E-state index in [1.54, 1.807) is 11.6 Å². The Kier molecular flexibility index (Phi) is 3.30. The molecule has 10 heteroatoms. The topological polar surface area (TPSA) is 104 Å². The molecule has 1 aliphatic heterocycles. The van der Waals surface area contributed by atoms with Gasteiger partial charge in [-0.15, -0.1) is 10.2 Å². The highest BCUT2D eigenvalue weighted by atomic mass is 19.3. The summed E-state index contributed by atoms with van der Waals surface area (Å²) in [6.07, 6.45) is 0. The van der Waals surface area contributed by atoms with E-state index in [0.717, 1.165) is 10.8 Å². The van der Waals surface area contributed by atoms with Gasteiger partial charge in [0.2, 0.25) is 5.84 Å². The molecule has 0 radical (unpaired) electrons. The number of hydroxylamine groups is 2. The van der Waals surface area contributed by atoms with E-state index < -0.39 is 6.55 Å². The van der Waals surface area contributed by atoms with Crippen LogP contribution in [0.1, 0.15) is 17.2 Å². The number of fused-ring (bicyclic) bond motifs is 1. The van der Waals surface area contributed by atoms with Gasteiger partial charge in [0.05, 0.1) is 24.5 Å². The summed E-state index contributed by atoms with van der Waals surface area (Å²) >= 11 is 0. The lowest BCUT2D eigenvalue weighted by Crippen LogP contribution is -2.15. The van der Waals surface area contributed by atoms with Gasteiger partial charge < -0.3 is 15.6 Å². The van der Waals surface area contributed by atoms with E-state index in [4.69, 9.17) is 5.84 Å². The molecule has 0 atom stereocenters. The summed E-state index contributed by atoms with van der Waals surface area (Å²) in [5, 5.41) is 19.6. The van der Waals surface area contributed by atoms with Crippen molar-refractivity contribution >= 4 is 5.84 Å². The SMILES string of the molecule is Cn1c(/C(N=NC(F)F)=N/N)nc2c1CN(O)C2. The van der Waals surface area contributed by atoms with Crippen LogP contribution in [0.3, 0.4) is 0 Å². The van der Waals surface area contributed by atoms with Crippen molar-refractivity contribution in [3.05, 3.63) is 17.2 Å². The molecule has 1 aliphatic rings. The van der Waals surface area contributed by atoms with Crippen molar-refractivity contribution in [2.45, 2.75) is 19.6 Å². The Morgan fingerprint density at radius 1 is 1.50 bits per heavy atom. The van der Waals surface area contributed by atoms with E-state index in [-0.39, 0.29) is 18.2 Å². The molecule has 0 unspecified atom stereocenters. The minimum atomic E-state index is -2.93. The quantitative estimate of drug-likeness (QED) is 0.200. The van der Waals surface area contributed by atoms with Crippen LogP contribution in [0.15, 0.2) is 15.3 Å². The molecule has 3 N–H and O–H groups in total. The van der Waals surface area contributed by atoms with Gasteiger partial charge in [0.25, 0.3) is 0 Å². The lowest BCUT2D eigenvalue weighted by Gasteiger charge is -2.06. The molecule has 98 valence electrons. The fourth-order valence-corrected chi connectivity index (χ4v) is 1.74. The molecule has 0 fully saturated rings. The van der Waals surface area contributed by atoms with Crippen LogP contribution in [0.4, 0.5) is 8.78 Å². The number of halogens is 2. The number of imidazole rings is 1. The van der Waals surface area contributed by atoms with Crippen molar-refractivity contribution in [2.75, 3.05) is 0 Å². The van der Waals surface area contributed by atoms with Gasteiger partial charge in [-0.3, -0.25) is 0 Å². The van der Waals surface area contributed by atoms with Crippen LogP contribution in [0, 0.1) is 0 Å². The largest absolute Gasteiger partial charge is 0.348 e. The predicted octanol–water partition coefficient (Wildman–Crippen LogP) is 0.420. The molecule has 2 heterocycles. The second-order valence-corrected chi connectivity index (χ2v) is 3.66. The Morgan fingerprint density at radius 3 is 2.78 bits per heavy atom. The van der Waals surface area contributed by atoms with Gasteiger partial charge in [-0.2, -0.15) is 18.9 Å². The van der Waals surface area contributed by atoms with Crippen LogP contribution in [0.2, 0.25) is 0 Å². The van der Waals surface area contributed by atoms with Crippen LogP contribution in [-0.2, 0) is 20.1 Å². The zero-order chi connectivity index (χ0) is 13.3. The van der Waals surface area contributed by atoms with Crippen molar-refractivity contribution in [2.24, 2.45) is 28.2 Å². The standard InChI is InChI=1S/C8H11F2N7O/c1-16-5-3-17(18)2-4(5)12-7(16)6(13-11)14-15-8(9)10/h8,18H,2-3,11H2,1H3/b13-6-,15-14?. The first-order chi connectivity index (χ1) is 8.52. The summed E-state index contributed by atoms with van der Waals surface area (Å²) in [4.78, 5) is 4.14. The van der Waals surface area contributed by atoms with E-state index >= 15 is 0 Å². The fourth-order valence-electron chi connectivity index (χ4n) is 1.74. The molecular weight excluding hydrogens is 248 g/mol. The van der Waals surface area contributed by atoms with Crippen LogP contribution in [-0.4, -0.2) is 32.2 Å². The highest BCUT2D eigenvalue weighted by molar-refractivity contribution is 5.96. The predicted molar refractivity (Wildman–Crippen MR) is 55.8 cm³/mol. The molecule has 2 rings (SSSR count). The van der Waals surface area contributed by atoms with Gasteiger partial charge in [-0.05, 0) is 0 Å². The molecule has 0 saturated carbocycles. The first-order valence-corrected chi connectivity index (χ1v) is 4.98. The van der Waals surface area contributed by atoms with Crippen LogP contribution >= 0.6 is 0 Å². The Morgan fingerprint density at radius 2 is 2.22 bits per heavy atom. The Labute approximate surface area is 100 Å². The number of nitrogens with zero attached hydrogens (tertiary/aromatic N) is 6. The highest BCUT2D eigenvalue weighted by Gasteiger charge is 2.26. The van der Waals surface area contributed by atoms with Crippen molar-refractivity contribution in [1.29, 1.82) is 0 Å². The fraction of sp³-hybridized carbons (Fsp3) is 0.500. The number of azo groups is 1. The van der Waals surface area contributed by atoms with Crippen molar-refractivity contribution in [3.63, 3.8) is 0 Å². The number of aromatic nitrogens is 2. The van der Waals surface area contributed by atoms with Gasteiger partial charge in [0.1, 0.15) is 0 Å². The van der Waals surface area contributed by atoms with E-state index in [1.165, 1.54) is 0 Å². The Balaban J connectivity index is 2.32. The highest BCUT2D eigenvalue weighted by Crippen LogP contribution is 2.21. The average molecular weight is 259 g/mol. The number of rotatable bonds is 2. The number of alkyl halides is 2. The monoisotopic (exact) mass is 259 g/mol. The molecule has 1 aromatic heterocycles. The van der Waals surface area contributed by atoms with E-state index in [0.29, 0.717) is 12.2 Å². The summed E-state index contributed by atoms with van der Waals surface area (Å²) in [5.74, 6) is 5.13. The number of hydrogen-bond acceptors (Lipinski definition) is 6. The third-order valence-electron chi connectivity index (χ3n) is 2.52. The summed E-state index contributed by atoms with van der Waals surface area (Å²) in [6.45, 7) is -2.38. The number of hydrogen-bond donors (Lipinski definition) is 2. The Bertz CT molecular complexity index is 510. The summed E-state index contributed by atoms with van der Waals surface area (Å²) in [5.41, 5.74) is 1.38.